The normalized spacial score (nSPS) is 15.2. The Hall–Kier alpha value is -0.910. The fourth-order valence-corrected chi connectivity index (χ4v) is 2.65. The molecule has 0 unspecified atom stereocenters. The molecule has 2 aromatic rings. The van der Waals surface area contributed by atoms with Gasteiger partial charge in [0.25, 0.3) is 0 Å². The van der Waals surface area contributed by atoms with Gasteiger partial charge < -0.3 is 5.32 Å². The van der Waals surface area contributed by atoms with Crippen LogP contribution >= 0.6 is 22.9 Å². The molecule has 6 heteroatoms. The number of hydrogen-bond acceptors (Lipinski definition) is 4. The van der Waals surface area contributed by atoms with Gasteiger partial charge in [-0.25, -0.2) is 4.98 Å². The molecular weight excluding hydrogens is 268 g/mol. The number of thiazole rings is 1. The van der Waals surface area contributed by atoms with Crippen molar-refractivity contribution in [3.63, 3.8) is 0 Å². The van der Waals surface area contributed by atoms with Gasteiger partial charge in [-0.05, 0) is 19.8 Å². The molecule has 1 N–H and O–H groups in total. The molecule has 0 aromatic carbocycles. The molecule has 1 aliphatic carbocycles. The number of aromatic nitrogens is 3. The Bertz CT molecular complexity index is 525. The molecule has 1 saturated carbocycles. The summed E-state index contributed by atoms with van der Waals surface area (Å²) < 4.78 is 1.84. The van der Waals surface area contributed by atoms with Crippen molar-refractivity contribution in [3.8, 4) is 0 Å². The largest absolute Gasteiger partial charge is 0.308 e. The molecule has 1 aliphatic rings. The van der Waals surface area contributed by atoms with E-state index >= 15 is 0 Å². The second-order valence-electron chi connectivity index (χ2n) is 4.65. The van der Waals surface area contributed by atoms with Crippen molar-refractivity contribution in [1.29, 1.82) is 0 Å². The van der Waals surface area contributed by atoms with Gasteiger partial charge in [0.15, 0.2) is 0 Å². The Morgan fingerprint density at radius 1 is 1.56 bits per heavy atom. The van der Waals surface area contributed by atoms with Crippen LogP contribution in [0.1, 0.15) is 29.2 Å². The molecule has 18 heavy (non-hydrogen) atoms. The number of halogens is 1. The minimum Gasteiger partial charge on any atom is -0.308 e. The zero-order valence-corrected chi connectivity index (χ0v) is 11.8. The van der Waals surface area contributed by atoms with E-state index in [9.17, 15) is 0 Å². The lowest BCUT2D eigenvalue weighted by Gasteiger charge is -1.98. The van der Waals surface area contributed by atoms with Gasteiger partial charge in [0.05, 0.1) is 23.0 Å². The average Bonchev–Trinajstić information content (AvgIpc) is 2.98. The van der Waals surface area contributed by atoms with Crippen LogP contribution in [0.25, 0.3) is 0 Å². The first kappa shape index (κ1) is 12.1. The highest BCUT2D eigenvalue weighted by Crippen LogP contribution is 2.20. The van der Waals surface area contributed by atoms with Crippen molar-refractivity contribution >= 4 is 22.9 Å². The first-order valence-corrected chi connectivity index (χ1v) is 7.32. The van der Waals surface area contributed by atoms with Gasteiger partial charge >= 0.3 is 0 Å². The van der Waals surface area contributed by atoms with E-state index in [0.717, 1.165) is 29.0 Å². The Morgan fingerprint density at radius 3 is 3.06 bits per heavy atom. The highest BCUT2D eigenvalue weighted by molar-refractivity contribution is 7.09. The summed E-state index contributed by atoms with van der Waals surface area (Å²) in [6, 6.07) is 0.727. The molecule has 4 nitrogen and oxygen atoms in total. The van der Waals surface area contributed by atoms with Gasteiger partial charge in [-0.1, -0.05) is 11.6 Å². The SMILES string of the molecule is Cc1nn(Cc2csc(CNC3CC3)n2)cc1Cl. The standard InChI is InChI=1S/C12H15ClN4S/c1-8-11(13)6-17(16-8)5-10-7-18-12(15-10)4-14-9-2-3-9/h6-7,9,14H,2-5H2,1H3. The molecule has 0 bridgehead atoms. The van der Waals surface area contributed by atoms with Gasteiger partial charge in [-0.2, -0.15) is 5.10 Å². The Kier molecular flexibility index (Phi) is 3.37. The van der Waals surface area contributed by atoms with E-state index in [0.29, 0.717) is 11.6 Å². The van der Waals surface area contributed by atoms with Crippen molar-refractivity contribution < 1.29 is 0 Å². The fourth-order valence-electron chi connectivity index (χ4n) is 1.76. The van der Waals surface area contributed by atoms with E-state index in [4.69, 9.17) is 11.6 Å². The van der Waals surface area contributed by atoms with Crippen molar-refractivity contribution in [1.82, 2.24) is 20.1 Å². The van der Waals surface area contributed by atoms with Gasteiger partial charge in [-0.3, -0.25) is 4.68 Å². The van der Waals surface area contributed by atoms with Gasteiger partial charge in [0.2, 0.25) is 0 Å². The van der Waals surface area contributed by atoms with Gasteiger partial charge in [0, 0.05) is 24.2 Å². The van der Waals surface area contributed by atoms with Crippen LogP contribution in [0, 0.1) is 6.92 Å². The van der Waals surface area contributed by atoms with Crippen LogP contribution in [-0.4, -0.2) is 20.8 Å². The zero-order chi connectivity index (χ0) is 12.5. The van der Waals surface area contributed by atoms with Crippen LogP contribution < -0.4 is 5.32 Å². The Morgan fingerprint density at radius 2 is 2.39 bits per heavy atom. The van der Waals surface area contributed by atoms with Crippen molar-refractivity contribution in [2.24, 2.45) is 0 Å². The molecule has 2 heterocycles. The smallest absolute Gasteiger partial charge is 0.107 e. The molecule has 0 radical (unpaired) electrons. The summed E-state index contributed by atoms with van der Waals surface area (Å²) >= 11 is 7.68. The highest BCUT2D eigenvalue weighted by Gasteiger charge is 2.20. The molecular formula is C12H15ClN4S. The summed E-state index contributed by atoms with van der Waals surface area (Å²) in [6.45, 7) is 3.48. The maximum Gasteiger partial charge on any atom is 0.107 e. The van der Waals surface area contributed by atoms with Crippen LogP contribution in [0.3, 0.4) is 0 Å². The molecule has 2 aromatic heterocycles. The monoisotopic (exact) mass is 282 g/mol. The molecule has 3 rings (SSSR count). The maximum absolute atomic E-state index is 5.98. The third kappa shape index (κ3) is 2.91. The van der Waals surface area contributed by atoms with Crippen LogP contribution in [-0.2, 0) is 13.1 Å². The summed E-state index contributed by atoms with van der Waals surface area (Å²) in [4.78, 5) is 4.60. The van der Waals surface area contributed by atoms with Gasteiger partial charge in [0.1, 0.15) is 5.01 Å². The summed E-state index contributed by atoms with van der Waals surface area (Å²) in [5, 5.41) is 11.7. The number of nitrogens with one attached hydrogen (secondary N) is 1. The van der Waals surface area contributed by atoms with E-state index in [-0.39, 0.29) is 0 Å². The molecule has 0 atom stereocenters. The Labute approximate surface area is 115 Å². The second-order valence-corrected chi connectivity index (χ2v) is 6.00. The predicted molar refractivity (Wildman–Crippen MR) is 73.1 cm³/mol. The average molecular weight is 283 g/mol. The van der Waals surface area contributed by atoms with Crippen LogP contribution in [0.2, 0.25) is 5.02 Å². The van der Waals surface area contributed by atoms with E-state index < -0.39 is 0 Å². The lowest BCUT2D eigenvalue weighted by Crippen LogP contribution is -2.15. The zero-order valence-electron chi connectivity index (χ0n) is 10.2. The molecule has 96 valence electrons. The minimum atomic E-state index is 0.688. The number of nitrogens with zero attached hydrogens (tertiary/aromatic N) is 3. The predicted octanol–water partition coefficient (Wildman–Crippen LogP) is 2.60. The fraction of sp³-hybridized carbons (Fsp3) is 0.500. The van der Waals surface area contributed by atoms with Gasteiger partial charge in [-0.15, -0.1) is 11.3 Å². The number of aryl methyl sites for hydroxylation is 1. The lowest BCUT2D eigenvalue weighted by atomic mass is 10.5. The maximum atomic E-state index is 5.98. The number of rotatable bonds is 5. The molecule has 0 saturated heterocycles. The third-order valence-corrected chi connectivity index (χ3v) is 4.20. The van der Waals surface area contributed by atoms with Crippen LogP contribution in [0.15, 0.2) is 11.6 Å². The third-order valence-electron chi connectivity index (χ3n) is 2.93. The van der Waals surface area contributed by atoms with Crippen LogP contribution in [0.4, 0.5) is 0 Å². The molecule has 1 fully saturated rings. The summed E-state index contributed by atoms with van der Waals surface area (Å²) in [7, 11) is 0. The summed E-state index contributed by atoms with van der Waals surface area (Å²) in [6.07, 6.45) is 4.46. The van der Waals surface area contributed by atoms with E-state index in [1.54, 1.807) is 11.3 Å². The molecule has 0 aliphatic heterocycles. The van der Waals surface area contributed by atoms with Crippen molar-refractivity contribution in [2.75, 3.05) is 0 Å². The minimum absolute atomic E-state index is 0.688. The summed E-state index contributed by atoms with van der Waals surface area (Å²) in [5.41, 5.74) is 1.91. The molecule has 0 spiro atoms. The lowest BCUT2D eigenvalue weighted by molar-refractivity contribution is 0.656. The first-order chi connectivity index (χ1) is 8.70. The number of hydrogen-bond donors (Lipinski definition) is 1. The van der Waals surface area contributed by atoms with E-state index in [2.05, 4.69) is 20.8 Å². The summed E-state index contributed by atoms with van der Waals surface area (Å²) in [5.74, 6) is 0. The van der Waals surface area contributed by atoms with E-state index in [1.165, 1.54) is 12.8 Å². The second kappa shape index (κ2) is 4.99. The Balaban J connectivity index is 1.61. The van der Waals surface area contributed by atoms with Crippen molar-refractivity contribution in [3.05, 3.63) is 33.0 Å². The highest BCUT2D eigenvalue weighted by atomic mass is 35.5. The quantitative estimate of drug-likeness (QED) is 0.917. The van der Waals surface area contributed by atoms with Crippen LogP contribution in [0.5, 0.6) is 0 Å². The van der Waals surface area contributed by atoms with Crippen molar-refractivity contribution in [2.45, 2.75) is 38.9 Å². The molecule has 0 amide bonds. The first-order valence-electron chi connectivity index (χ1n) is 6.07. The van der Waals surface area contributed by atoms with E-state index in [1.807, 2.05) is 17.8 Å². The topological polar surface area (TPSA) is 42.7 Å².